The molecule has 0 amide bonds. The molecule has 0 bridgehead atoms. The van der Waals surface area contributed by atoms with Crippen LogP contribution in [0.15, 0.2) is 11.9 Å². The predicted octanol–water partition coefficient (Wildman–Crippen LogP) is -0.466. The van der Waals surface area contributed by atoms with Crippen LogP contribution in [-0.4, -0.2) is 24.1 Å². The Kier molecular flexibility index (Phi) is 1.33. The molecule has 0 radical (unpaired) electrons. The number of hydrazine groups is 2. The molecule has 2 unspecified atom stereocenters. The second-order valence-corrected chi connectivity index (χ2v) is 3.79. The van der Waals surface area contributed by atoms with Crippen LogP contribution >= 0.6 is 0 Å². The molecule has 0 aromatic carbocycles. The van der Waals surface area contributed by atoms with Crippen molar-refractivity contribution in [3.63, 3.8) is 0 Å². The summed E-state index contributed by atoms with van der Waals surface area (Å²) >= 11 is 0. The van der Waals surface area contributed by atoms with Crippen molar-refractivity contribution < 1.29 is 0 Å². The van der Waals surface area contributed by atoms with Gasteiger partial charge in [0.15, 0.2) is 0 Å². The van der Waals surface area contributed by atoms with Crippen molar-refractivity contribution in [2.24, 2.45) is 5.92 Å². The maximum absolute atomic E-state index is 3.44. The fourth-order valence-electron chi connectivity index (χ4n) is 2.46. The highest BCUT2D eigenvalue weighted by atomic mass is 15.7. The lowest BCUT2D eigenvalue weighted by atomic mass is 9.92. The summed E-state index contributed by atoms with van der Waals surface area (Å²) in [6.07, 6.45) is 4.63. The first-order valence-corrected chi connectivity index (χ1v) is 4.65. The molecule has 2 fully saturated rings. The largest absolute Gasteiger partial charge is 0.314 e. The van der Waals surface area contributed by atoms with Crippen LogP contribution in [0.3, 0.4) is 0 Å². The van der Waals surface area contributed by atoms with E-state index in [2.05, 4.69) is 27.5 Å². The van der Waals surface area contributed by atoms with Gasteiger partial charge in [-0.15, -0.1) is 5.53 Å². The zero-order valence-corrected chi connectivity index (χ0v) is 7.01. The zero-order chi connectivity index (χ0) is 7.97. The first-order valence-electron chi connectivity index (χ1n) is 4.65. The summed E-state index contributed by atoms with van der Waals surface area (Å²) in [7, 11) is 0. The lowest BCUT2D eigenvalue weighted by Crippen LogP contribution is -2.50. The van der Waals surface area contributed by atoms with Gasteiger partial charge in [-0.2, -0.15) is 0 Å². The molecular formula is C8H14N4. The van der Waals surface area contributed by atoms with Crippen LogP contribution in [0.25, 0.3) is 0 Å². The Morgan fingerprint density at radius 3 is 3.42 bits per heavy atom. The van der Waals surface area contributed by atoms with E-state index in [9.17, 15) is 0 Å². The monoisotopic (exact) mass is 166 g/mol. The number of hydrogen-bond donors (Lipinski definition) is 3. The number of allylic oxidation sites excluding steroid dienone is 1. The molecule has 4 nitrogen and oxygen atoms in total. The van der Waals surface area contributed by atoms with Gasteiger partial charge in [-0.05, 0) is 18.8 Å². The minimum atomic E-state index is 0.667. The number of hydrogen-bond acceptors (Lipinski definition) is 4. The van der Waals surface area contributed by atoms with Crippen LogP contribution in [-0.2, 0) is 0 Å². The maximum Gasteiger partial charge on any atom is 0.0634 e. The standard InChI is InChI=1S/C8H14N4/c1-2-7-4-10-11-12(7)8-5-9-3-6(1)8/h4,6,8-11H,1-3,5H2. The van der Waals surface area contributed by atoms with Crippen molar-refractivity contribution in [2.45, 2.75) is 18.9 Å². The molecular weight excluding hydrogens is 152 g/mol. The van der Waals surface area contributed by atoms with E-state index in [1.165, 1.54) is 25.1 Å². The molecule has 3 aliphatic heterocycles. The average molecular weight is 166 g/mol. The fourth-order valence-corrected chi connectivity index (χ4v) is 2.46. The van der Waals surface area contributed by atoms with Crippen LogP contribution in [0.1, 0.15) is 12.8 Å². The average Bonchev–Trinajstić information content (AvgIpc) is 2.71. The summed E-state index contributed by atoms with van der Waals surface area (Å²) in [4.78, 5) is 0. The number of rotatable bonds is 0. The Labute approximate surface area is 71.9 Å². The number of piperidine rings is 1. The van der Waals surface area contributed by atoms with E-state index in [-0.39, 0.29) is 0 Å². The third-order valence-electron chi connectivity index (χ3n) is 3.14. The van der Waals surface area contributed by atoms with Crippen molar-refractivity contribution in [3.05, 3.63) is 11.9 Å². The van der Waals surface area contributed by atoms with Gasteiger partial charge in [0, 0.05) is 25.0 Å². The molecule has 2 saturated heterocycles. The van der Waals surface area contributed by atoms with Crippen molar-refractivity contribution in [1.29, 1.82) is 0 Å². The second-order valence-electron chi connectivity index (χ2n) is 3.79. The fraction of sp³-hybridized carbons (Fsp3) is 0.750. The van der Waals surface area contributed by atoms with Crippen LogP contribution in [0.4, 0.5) is 0 Å². The molecule has 2 atom stereocenters. The Bertz CT molecular complexity index is 225. The molecule has 3 rings (SSSR count). The Morgan fingerprint density at radius 2 is 2.42 bits per heavy atom. The first kappa shape index (κ1) is 6.74. The van der Waals surface area contributed by atoms with Crippen LogP contribution < -0.4 is 16.3 Å². The summed E-state index contributed by atoms with van der Waals surface area (Å²) in [5.41, 5.74) is 7.66. The highest BCUT2D eigenvalue weighted by molar-refractivity contribution is 5.11. The van der Waals surface area contributed by atoms with E-state index in [4.69, 9.17) is 0 Å². The van der Waals surface area contributed by atoms with E-state index < -0.39 is 0 Å². The molecule has 0 spiro atoms. The Morgan fingerprint density at radius 1 is 1.42 bits per heavy atom. The van der Waals surface area contributed by atoms with Gasteiger partial charge in [-0.1, -0.05) is 0 Å². The van der Waals surface area contributed by atoms with Gasteiger partial charge >= 0.3 is 0 Å². The van der Waals surface area contributed by atoms with Gasteiger partial charge in [0.2, 0.25) is 0 Å². The number of nitrogens with zero attached hydrogens (tertiary/aromatic N) is 1. The predicted molar refractivity (Wildman–Crippen MR) is 45.6 cm³/mol. The molecule has 0 aromatic rings. The molecule has 0 saturated carbocycles. The zero-order valence-electron chi connectivity index (χ0n) is 7.01. The summed E-state index contributed by atoms with van der Waals surface area (Å²) < 4.78 is 0. The highest BCUT2D eigenvalue weighted by Gasteiger charge is 2.38. The van der Waals surface area contributed by atoms with Gasteiger partial charge in [0.05, 0.1) is 6.04 Å². The summed E-state index contributed by atoms with van der Waals surface area (Å²) in [5, 5.41) is 5.73. The molecule has 3 N–H and O–H groups in total. The quantitative estimate of drug-likeness (QED) is 0.455. The lowest BCUT2D eigenvalue weighted by Gasteiger charge is -2.36. The Balaban J connectivity index is 1.87. The van der Waals surface area contributed by atoms with Gasteiger partial charge in [0.25, 0.3) is 0 Å². The minimum absolute atomic E-state index is 0.667. The number of fused-ring (bicyclic) bond motifs is 3. The van der Waals surface area contributed by atoms with Crippen LogP contribution in [0.5, 0.6) is 0 Å². The van der Waals surface area contributed by atoms with E-state index >= 15 is 0 Å². The van der Waals surface area contributed by atoms with E-state index in [1.807, 2.05) is 0 Å². The molecule has 66 valence electrons. The van der Waals surface area contributed by atoms with Crippen molar-refractivity contribution in [2.75, 3.05) is 13.1 Å². The van der Waals surface area contributed by atoms with Gasteiger partial charge in [-0.25, -0.2) is 0 Å². The molecule has 0 aromatic heterocycles. The minimum Gasteiger partial charge on any atom is -0.314 e. The Hall–Kier alpha value is -0.740. The summed E-state index contributed by atoms with van der Waals surface area (Å²) in [6.45, 7) is 2.31. The smallest absolute Gasteiger partial charge is 0.0634 e. The lowest BCUT2D eigenvalue weighted by molar-refractivity contribution is 0.120. The maximum atomic E-state index is 3.44. The van der Waals surface area contributed by atoms with E-state index in [0.29, 0.717) is 6.04 Å². The number of nitrogens with one attached hydrogen (secondary N) is 3. The molecule has 12 heavy (non-hydrogen) atoms. The van der Waals surface area contributed by atoms with Crippen LogP contribution in [0, 0.1) is 5.92 Å². The van der Waals surface area contributed by atoms with Crippen molar-refractivity contribution >= 4 is 0 Å². The molecule has 3 heterocycles. The molecule has 3 aliphatic rings. The van der Waals surface area contributed by atoms with E-state index in [1.54, 1.807) is 0 Å². The van der Waals surface area contributed by atoms with Crippen molar-refractivity contribution in [3.8, 4) is 0 Å². The topological polar surface area (TPSA) is 39.3 Å². The SMILES string of the molecule is C1=C2CCC3CNCC3N2NN1. The summed E-state index contributed by atoms with van der Waals surface area (Å²) in [5.74, 6) is 0.842. The molecule has 4 heteroatoms. The van der Waals surface area contributed by atoms with Gasteiger partial charge in [0.1, 0.15) is 0 Å². The van der Waals surface area contributed by atoms with Gasteiger partial charge in [-0.3, -0.25) is 5.01 Å². The first-order chi connectivity index (χ1) is 5.95. The van der Waals surface area contributed by atoms with Gasteiger partial charge < -0.3 is 10.7 Å². The van der Waals surface area contributed by atoms with E-state index in [0.717, 1.165) is 12.5 Å². The normalized spacial score (nSPS) is 38.7. The second kappa shape index (κ2) is 2.37. The summed E-state index contributed by atoms with van der Waals surface area (Å²) in [6, 6.07) is 0.667. The third kappa shape index (κ3) is 0.791. The molecule has 0 aliphatic carbocycles. The van der Waals surface area contributed by atoms with Crippen molar-refractivity contribution in [1.82, 2.24) is 21.3 Å². The van der Waals surface area contributed by atoms with Crippen LogP contribution in [0.2, 0.25) is 0 Å². The highest BCUT2D eigenvalue weighted by Crippen LogP contribution is 2.31. The third-order valence-corrected chi connectivity index (χ3v) is 3.14.